The van der Waals surface area contributed by atoms with Crippen LogP contribution >= 0.6 is 0 Å². The Kier molecular flexibility index (Phi) is 4.11. The van der Waals surface area contributed by atoms with E-state index in [2.05, 4.69) is 12.2 Å². The zero-order chi connectivity index (χ0) is 12.3. The first-order chi connectivity index (χ1) is 8.20. The van der Waals surface area contributed by atoms with E-state index in [0.29, 0.717) is 23.9 Å². The highest BCUT2D eigenvalue weighted by atomic mass is 19.2. The van der Waals surface area contributed by atoms with Gasteiger partial charge in [0.1, 0.15) is 0 Å². The third-order valence-corrected chi connectivity index (χ3v) is 3.39. The number of nitrogens with one attached hydrogen (secondary N) is 1. The molecule has 1 nitrogen and oxygen atoms in total. The lowest BCUT2D eigenvalue weighted by atomic mass is 9.96. The molecule has 1 aromatic rings. The minimum atomic E-state index is -0.743. The van der Waals surface area contributed by atoms with Gasteiger partial charge in [0.2, 0.25) is 0 Å². The Hall–Kier alpha value is -0.960. The predicted molar refractivity (Wildman–Crippen MR) is 64.9 cm³/mol. The maximum atomic E-state index is 13.5. The van der Waals surface area contributed by atoms with Gasteiger partial charge in [-0.05, 0) is 43.4 Å². The van der Waals surface area contributed by atoms with Gasteiger partial charge in [-0.3, -0.25) is 0 Å². The van der Waals surface area contributed by atoms with Crippen molar-refractivity contribution in [2.24, 2.45) is 5.92 Å². The van der Waals surface area contributed by atoms with Crippen LogP contribution in [0.2, 0.25) is 0 Å². The van der Waals surface area contributed by atoms with Gasteiger partial charge in [-0.1, -0.05) is 25.5 Å². The quantitative estimate of drug-likeness (QED) is 0.803. The van der Waals surface area contributed by atoms with Crippen molar-refractivity contribution in [1.82, 2.24) is 5.32 Å². The lowest BCUT2D eigenvalue weighted by Crippen LogP contribution is -2.26. The Morgan fingerprint density at radius 2 is 2.12 bits per heavy atom. The lowest BCUT2D eigenvalue weighted by Gasteiger charge is -2.16. The summed E-state index contributed by atoms with van der Waals surface area (Å²) in [7, 11) is 0. The van der Waals surface area contributed by atoms with E-state index >= 15 is 0 Å². The maximum absolute atomic E-state index is 13.5. The van der Waals surface area contributed by atoms with Gasteiger partial charge < -0.3 is 5.32 Å². The van der Waals surface area contributed by atoms with Crippen molar-refractivity contribution in [3.63, 3.8) is 0 Å². The summed E-state index contributed by atoms with van der Waals surface area (Å²) >= 11 is 0. The molecule has 0 spiro atoms. The third kappa shape index (κ3) is 3.50. The normalized spacial score (nSPS) is 17.1. The second kappa shape index (κ2) is 5.58. The monoisotopic (exact) mass is 239 g/mol. The summed E-state index contributed by atoms with van der Waals surface area (Å²) in [4.78, 5) is 0. The highest BCUT2D eigenvalue weighted by Gasteiger charge is 2.22. The Balaban J connectivity index is 1.93. The molecule has 1 unspecified atom stereocenters. The van der Waals surface area contributed by atoms with Gasteiger partial charge in [-0.15, -0.1) is 0 Å². The van der Waals surface area contributed by atoms with Crippen LogP contribution in [-0.2, 0) is 6.42 Å². The predicted octanol–water partition coefficient (Wildman–Crippen LogP) is 3.29. The second-order valence-corrected chi connectivity index (χ2v) is 4.87. The molecular weight excluding hydrogens is 220 g/mol. The van der Waals surface area contributed by atoms with Crippen LogP contribution in [0.3, 0.4) is 0 Å². The van der Waals surface area contributed by atoms with Crippen molar-refractivity contribution < 1.29 is 8.78 Å². The lowest BCUT2D eigenvalue weighted by molar-refractivity contribution is 0.438. The van der Waals surface area contributed by atoms with Gasteiger partial charge in [0.25, 0.3) is 0 Å². The number of halogens is 2. The molecule has 1 fully saturated rings. The first kappa shape index (κ1) is 12.5. The molecule has 94 valence electrons. The van der Waals surface area contributed by atoms with E-state index in [0.717, 1.165) is 13.0 Å². The molecule has 1 aliphatic carbocycles. The van der Waals surface area contributed by atoms with E-state index in [-0.39, 0.29) is 0 Å². The van der Waals surface area contributed by atoms with Gasteiger partial charge in [0, 0.05) is 6.04 Å². The molecule has 1 aromatic carbocycles. The standard InChI is InChI=1S/C14H19F2N/c1-2-10(9-17-12-6-7-12)8-11-4-3-5-13(15)14(11)16/h3-5,10,12,17H,2,6-9H2,1H3. The zero-order valence-corrected chi connectivity index (χ0v) is 10.2. The number of hydrogen-bond donors (Lipinski definition) is 1. The summed E-state index contributed by atoms with van der Waals surface area (Å²) < 4.78 is 26.6. The molecule has 0 bridgehead atoms. The summed E-state index contributed by atoms with van der Waals surface area (Å²) in [5.41, 5.74) is 0.495. The molecule has 0 saturated heterocycles. The summed E-state index contributed by atoms with van der Waals surface area (Å²) in [5, 5.41) is 3.45. The first-order valence-corrected chi connectivity index (χ1v) is 6.37. The van der Waals surface area contributed by atoms with Crippen molar-refractivity contribution in [3.8, 4) is 0 Å². The highest BCUT2D eigenvalue weighted by Crippen LogP contribution is 2.21. The molecule has 17 heavy (non-hydrogen) atoms. The van der Waals surface area contributed by atoms with E-state index < -0.39 is 11.6 Å². The maximum Gasteiger partial charge on any atom is 0.162 e. The number of rotatable bonds is 6. The summed E-state index contributed by atoms with van der Waals surface area (Å²) in [6.07, 6.45) is 4.10. The largest absolute Gasteiger partial charge is 0.314 e. The molecule has 1 aliphatic rings. The average Bonchev–Trinajstić information content (AvgIpc) is 3.13. The van der Waals surface area contributed by atoms with E-state index in [1.54, 1.807) is 12.1 Å². The van der Waals surface area contributed by atoms with E-state index in [9.17, 15) is 8.78 Å². The van der Waals surface area contributed by atoms with Crippen LogP contribution < -0.4 is 5.32 Å². The molecule has 1 saturated carbocycles. The fourth-order valence-corrected chi connectivity index (χ4v) is 2.00. The molecular formula is C14H19F2N. The van der Waals surface area contributed by atoms with Crippen LogP contribution in [0, 0.1) is 17.6 Å². The van der Waals surface area contributed by atoms with Crippen LogP contribution in [0.4, 0.5) is 8.78 Å². The Labute approximate surface area is 101 Å². The molecule has 0 aliphatic heterocycles. The Morgan fingerprint density at radius 3 is 2.76 bits per heavy atom. The minimum Gasteiger partial charge on any atom is -0.314 e. The third-order valence-electron chi connectivity index (χ3n) is 3.39. The van der Waals surface area contributed by atoms with Crippen molar-refractivity contribution in [2.45, 2.75) is 38.6 Å². The first-order valence-electron chi connectivity index (χ1n) is 6.37. The van der Waals surface area contributed by atoms with E-state index in [4.69, 9.17) is 0 Å². The molecule has 0 aromatic heterocycles. The van der Waals surface area contributed by atoms with Crippen LogP contribution in [-0.4, -0.2) is 12.6 Å². The molecule has 0 amide bonds. The topological polar surface area (TPSA) is 12.0 Å². The fraction of sp³-hybridized carbons (Fsp3) is 0.571. The van der Waals surface area contributed by atoms with Crippen molar-refractivity contribution >= 4 is 0 Å². The van der Waals surface area contributed by atoms with Crippen molar-refractivity contribution in [3.05, 3.63) is 35.4 Å². The van der Waals surface area contributed by atoms with Crippen LogP contribution in [0.1, 0.15) is 31.7 Å². The number of benzene rings is 1. The fourth-order valence-electron chi connectivity index (χ4n) is 2.00. The SMILES string of the molecule is CCC(CNC1CC1)Cc1cccc(F)c1F. The smallest absolute Gasteiger partial charge is 0.162 e. The molecule has 1 atom stereocenters. The Bertz CT molecular complexity index is 374. The molecule has 0 radical (unpaired) electrons. The summed E-state index contributed by atoms with van der Waals surface area (Å²) in [6.45, 7) is 2.99. The van der Waals surface area contributed by atoms with Crippen LogP contribution in [0.25, 0.3) is 0 Å². The summed E-state index contributed by atoms with van der Waals surface area (Å²) in [5.74, 6) is -1.04. The van der Waals surface area contributed by atoms with E-state index in [1.807, 2.05) is 0 Å². The Morgan fingerprint density at radius 1 is 1.35 bits per heavy atom. The summed E-state index contributed by atoms with van der Waals surface area (Å²) in [6, 6.07) is 5.09. The van der Waals surface area contributed by atoms with Gasteiger partial charge in [0.05, 0.1) is 0 Å². The molecule has 2 rings (SSSR count). The van der Waals surface area contributed by atoms with Gasteiger partial charge >= 0.3 is 0 Å². The molecule has 3 heteroatoms. The van der Waals surface area contributed by atoms with Gasteiger partial charge in [-0.25, -0.2) is 8.78 Å². The van der Waals surface area contributed by atoms with Crippen LogP contribution in [0.5, 0.6) is 0 Å². The van der Waals surface area contributed by atoms with Crippen molar-refractivity contribution in [2.75, 3.05) is 6.54 Å². The zero-order valence-electron chi connectivity index (χ0n) is 10.2. The second-order valence-electron chi connectivity index (χ2n) is 4.87. The minimum absolute atomic E-state index is 0.381. The van der Waals surface area contributed by atoms with Crippen LogP contribution in [0.15, 0.2) is 18.2 Å². The number of hydrogen-bond acceptors (Lipinski definition) is 1. The average molecular weight is 239 g/mol. The van der Waals surface area contributed by atoms with Crippen molar-refractivity contribution in [1.29, 1.82) is 0 Å². The molecule has 0 heterocycles. The van der Waals surface area contributed by atoms with Gasteiger partial charge in [-0.2, -0.15) is 0 Å². The van der Waals surface area contributed by atoms with E-state index in [1.165, 1.54) is 18.9 Å². The van der Waals surface area contributed by atoms with Gasteiger partial charge in [0.15, 0.2) is 11.6 Å². The highest BCUT2D eigenvalue weighted by molar-refractivity contribution is 5.19. The molecule has 1 N–H and O–H groups in total.